The molecule has 0 fully saturated rings. The van der Waals surface area contributed by atoms with Crippen LogP contribution in [0.3, 0.4) is 0 Å². The number of aromatic nitrogens is 3. The summed E-state index contributed by atoms with van der Waals surface area (Å²) in [5.41, 5.74) is 3.21. The van der Waals surface area contributed by atoms with E-state index in [9.17, 15) is 4.79 Å². The first-order valence-corrected chi connectivity index (χ1v) is 11.2. The van der Waals surface area contributed by atoms with Gasteiger partial charge in [0.25, 0.3) is 5.91 Å². The smallest absolute Gasteiger partial charge is 0.257 e. The van der Waals surface area contributed by atoms with Gasteiger partial charge in [-0.05, 0) is 18.2 Å². The predicted molar refractivity (Wildman–Crippen MR) is 114 cm³/mol. The average molecular weight is 431 g/mol. The predicted octanol–water partition coefficient (Wildman–Crippen LogP) is 5.58. The Kier molecular flexibility index (Phi) is 5.22. The van der Waals surface area contributed by atoms with Crippen LogP contribution in [0.1, 0.15) is 42.8 Å². The fourth-order valence-corrected chi connectivity index (χ4v) is 4.84. The molecule has 0 atom stereocenters. The zero-order valence-corrected chi connectivity index (χ0v) is 18.0. The lowest BCUT2D eigenvalue weighted by atomic mass is 9.94. The Hall–Kier alpha value is -2.23. The van der Waals surface area contributed by atoms with Crippen LogP contribution in [0.2, 0.25) is 0 Å². The number of anilines is 1. The zero-order chi connectivity index (χ0) is 19.7. The third kappa shape index (κ3) is 4.26. The van der Waals surface area contributed by atoms with Crippen molar-refractivity contribution in [1.29, 1.82) is 0 Å². The second-order valence-electron chi connectivity index (χ2n) is 7.13. The van der Waals surface area contributed by atoms with Gasteiger partial charge >= 0.3 is 0 Å². The van der Waals surface area contributed by atoms with E-state index in [0.717, 1.165) is 20.2 Å². The van der Waals surface area contributed by atoms with Crippen LogP contribution in [0.4, 0.5) is 5.13 Å². The van der Waals surface area contributed by atoms with Crippen LogP contribution < -0.4 is 5.32 Å². The minimum absolute atomic E-state index is 0.0555. The molecule has 6 nitrogen and oxygen atoms in total. The molecule has 0 unspecified atom stereocenters. The maximum atomic E-state index is 12.5. The summed E-state index contributed by atoms with van der Waals surface area (Å²) in [5.74, 6) is 2.00. The Bertz CT molecular complexity index is 1120. The van der Waals surface area contributed by atoms with Gasteiger partial charge in [-0.1, -0.05) is 32.1 Å². The number of rotatable bonds is 5. The van der Waals surface area contributed by atoms with E-state index in [4.69, 9.17) is 4.42 Å². The molecule has 0 radical (unpaired) electrons. The topological polar surface area (TPSA) is 80.9 Å². The summed E-state index contributed by atoms with van der Waals surface area (Å²) >= 11 is 4.53. The van der Waals surface area contributed by atoms with Crippen LogP contribution >= 0.6 is 34.4 Å². The summed E-state index contributed by atoms with van der Waals surface area (Å²) in [6, 6.07) is 5.48. The second-order valence-corrected chi connectivity index (χ2v) is 10.3. The van der Waals surface area contributed by atoms with Crippen LogP contribution in [0.15, 0.2) is 44.7 Å². The Labute approximate surface area is 174 Å². The Morgan fingerprint density at radius 3 is 2.86 bits per heavy atom. The Morgan fingerprint density at radius 2 is 2.07 bits per heavy atom. The molecule has 144 valence electrons. The Morgan fingerprint density at radius 1 is 1.21 bits per heavy atom. The summed E-state index contributed by atoms with van der Waals surface area (Å²) in [7, 11) is 0. The van der Waals surface area contributed by atoms with E-state index in [1.165, 1.54) is 22.7 Å². The number of hydrogen-bond donors (Lipinski definition) is 1. The lowest BCUT2D eigenvalue weighted by Gasteiger charge is -2.12. The molecule has 3 heterocycles. The summed E-state index contributed by atoms with van der Waals surface area (Å²) in [6.07, 6.45) is 3.54. The molecular weight excluding hydrogens is 412 g/mol. The molecule has 1 N–H and O–H groups in total. The number of amides is 1. The largest absolute Gasteiger partial charge is 0.444 e. The van der Waals surface area contributed by atoms with Gasteiger partial charge in [-0.2, -0.15) is 0 Å². The third-order valence-electron chi connectivity index (χ3n) is 3.93. The molecule has 4 aromatic rings. The molecule has 0 bridgehead atoms. The van der Waals surface area contributed by atoms with E-state index >= 15 is 0 Å². The summed E-state index contributed by atoms with van der Waals surface area (Å²) < 4.78 is 7.78. The van der Waals surface area contributed by atoms with Gasteiger partial charge in [0.1, 0.15) is 5.76 Å². The van der Waals surface area contributed by atoms with Crippen LogP contribution in [0.25, 0.3) is 10.2 Å². The van der Waals surface area contributed by atoms with E-state index in [-0.39, 0.29) is 11.3 Å². The van der Waals surface area contributed by atoms with Crippen LogP contribution in [-0.4, -0.2) is 20.9 Å². The van der Waals surface area contributed by atoms with E-state index in [0.29, 0.717) is 22.3 Å². The van der Waals surface area contributed by atoms with Crippen molar-refractivity contribution in [2.24, 2.45) is 0 Å². The molecule has 0 saturated carbocycles. The lowest BCUT2D eigenvalue weighted by Crippen LogP contribution is -2.11. The number of oxazole rings is 1. The molecule has 0 aliphatic carbocycles. The molecule has 9 heteroatoms. The first kappa shape index (κ1) is 19.1. The molecule has 0 aliphatic heterocycles. The molecular formula is C19H18N4O2S3. The average Bonchev–Trinajstić information content (AvgIpc) is 3.39. The lowest BCUT2D eigenvalue weighted by molar-refractivity contribution is 0.102. The minimum atomic E-state index is -0.177. The number of carbonyl (C=O) groups excluding carboxylic acids is 1. The standard InChI is InChI=1S/C19H18N4O2S3/c1-19(2,3)14-7-20-15(25-14)9-26-16-8-21-18(28-16)23-17(24)11-4-5-12-13(6-11)27-10-22-12/h4-8,10H,9H2,1-3H3,(H,21,23,24). The highest BCUT2D eigenvalue weighted by atomic mass is 32.2. The van der Waals surface area contributed by atoms with Crippen molar-refractivity contribution in [1.82, 2.24) is 15.0 Å². The second kappa shape index (κ2) is 7.65. The van der Waals surface area contributed by atoms with Crippen molar-refractivity contribution >= 4 is 55.7 Å². The maximum absolute atomic E-state index is 12.5. The maximum Gasteiger partial charge on any atom is 0.257 e. The highest BCUT2D eigenvalue weighted by Gasteiger charge is 2.19. The number of thioether (sulfide) groups is 1. The molecule has 4 rings (SSSR count). The number of nitrogens with one attached hydrogen (secondary N) is 1. The van der Waals surface area contributed by atoms with Gasteiger partial charge in [0, 0.05) is 11.0 Å². The van der Waals surface area contributed by atoms with Gasteiger partial charge in [-0.15, -0.1) is 23.1 Å². The van der Waals surface area contributed by atoms with Crippen molar-refractivity contribution in [3.63, 3.8) is 0 Å². The Balaban J connectivity index is 1.37. The fraction of sp³-hybridized carbons (Fsp3) is 0.263. The summed E-state index contributed by atoms with van der Waals surface area (Å²) in [6.45, 7) is 6.28. The normalized spacial score (nSPS) is 11.8. The fourth-order valence-electron chi connectivity index (χ4n) is 2.41. The summed E-state index contributed by atoms with van der Waals surface area (Å²) in [4.78, 5) is 25.3. The molecule has 28 heavy (non-hydrogen) atoms. The first-order valence-electron chi connectivity index (χ1n) is 8.57. The van der Waals surface area contributed by atoms with Crippen LogP contribution in [0.5, 0.6) is 0 Å². The van der Waals surface area contributed by atoms with Crippen LogP contribution in [-0.2, 0) is 11.2 Å². The van der Waals surface area contributed by atoms with Gasteiger partial charge in [0.05, 0.1) is 38.1 Å². The molecule has 1 amide bonds. The van der Waals surface area contributed by atoms with Gasteiger partial charge in [0.15, 0.2) is 5.13 Å². The molecule has 0 aliphatic rings. The van der Waals surface area contributed by atoms with Gasteiger partial charge < -0.3 is 4.42 Å². The third-order valence-corrected chi connectivity index (χ3v) is 6.81. The van der Waals surface area contributed by atoms with Crippen molar-refractivity contribution in [2.45, 2.75) is 36.1 Å². The van der Waals surface area contributed by atoms with E-state index in [1.807, 2.05) is 12.1 Å². The van der Waals surface area contributed by atoms with Gasteiger partial charge in [-0.3, -0.25) is 10.1 Å². The van der Waals surface area contributed by atoms with E-state index in [2.05, 4.69) is 41.0 Å². The SMILES string of the molecule is CC(C)(C)c1cnc(CSc2cnc(NC(=O)c3ccc4ncsc4c3)s2)o1. The number of fused-ring (bicyclic) bond motifs is 1. The molecule has 1 aromatic carbocycles. The van der Waals surface area contributed by atoms with E-state index in [1.54, 1.807) is 35.7 Å². The highest BCUT2D eigenvalue weighted by molar-refractivity contribution is 8.00. The number of hydrogen-bond acceptors (Lipinski definition) is 8. The highest BCUT2D eigenvalue weighted by Crippen LogP contribution is 2.32. The summed E-state index contributed by atoms with van der Waals surface area (Å²) in [5, 5.41) is 3.43. The monoisotopic (exact) mass is 430 g/mol. The molecule has 3 aromatic heterocycles. The zero-order valence-electron chi connectivity index (χ0n) is 15.6. The van der Waals surface area contributed by atoms with Crippen molar-refractivity contribution in [3.05, 3.63) is 53.3 Å². The number of nitrogens with zero attached hydrogens (tertiary/aromatic N) is 3. The molecule has 0 saturated heterocycles. The first-order chi connectivity index (χ1) is 13.4. The van der Waals surface area contributed by atoms with E-state index < -0.39 is 0 Å². The van der Waals surface area contributed by atoms with Crippen molar-refractivity contribution < 1.29 is 9.21 Å². The van der Waals surface area contributed by atoms with Gasteiger partial charge in [0.2, 0.25) is 5.89 Å². The van der Waals surface area contributed by atoms with Crippen molar-refractivity contribution in [3.8, 4) is 0 Å². The van der Waals surface area contributed by atoms with Crippen molar-refractivity contribution in [2.75, 3.05) is 5.32 Å². The van der Waals surface area contributed by atoms with Gasteiger partial charge in [-0.25, -0.2) is 15.0 Å². The minimum Gasteiger partial charge on any atom is -0.444 e. The molecule has 0 spiro atoms. The number of benzene rings is 1. The number of thiazole rings is 2. The number of carbonyl (C=O) groups is 1. The van der Waals surface area contributed by atoms with Crippen LogP contribution in [0, 0.1) is 0 Å². The quantitative estimate of drug-likeness (QED) is 0.416.